The zero-order valence-corrected chi connectivity index (χ0v) is 12.3. The third-order valence-corrected chi connectivity index (χ3v) is 2.79. The van der Waals surface area contributed by atoms with Crippen LogP contribution in [0.4, 0.5) is 0 Å². The molecule has 0 amide bonds. The fourth-order valence-electron chi connectivity index (χ4n) is 1.62. The van der Waals surface area contributed by atoms with Crippen molar-refractivity contribution in [2.75, 3.05) is 14.2 Å². The standard InChI is InChI=1S/C13H21NO3.ClH/c1-13(2,3)12(14)11-9(15)6-8(16-4)7-10(11)17-5;/h6-7,12,15H,14H2,1-5H3;1H/t12-;/m0./s1. The fourth-order valence-corrected chi connectivity index (χ4v) is 1.62. The first-order valence-electron chi connectivity index (χ1n) is 5.51. The highest BCUT2D eigenvalue weighted by Crippen LogP contribution is 2.42. The number of ether oxygens (including phenoxy) is 2. The number of hydrogen-bond acceptors (Lipinski definition) is 4. The first-order valence-corrected chi connectivity index (χ1v) is 5.51. The molecular weight excluding hydrogens is 254 g/mol. The number of nitrogens with two attached hydrogens (primary N) is 1. The van der Waals surface area contributed by atoms with Crippen molar-refractivity contribution >= 4 is 12.4 Å². The van der Waals surface area contributed by atoms with Gasteiger partial charge in [-0.15, -0.1) is 12.4 Å². The number of hydrogen-bond donors (Lipinski definition) is 2. The third kappa shape index (κ3) is 3.43. The lowest BCUT2D eigenvalue weighted by Crippen LogP contribution is -2.26. The van der Waals surface area contributed by atoms with E-state index in [1.807, 2.05) is 20.8 Å². The minimum atomic E-state index is -0.316. The average Bonchev–Trinajstić information content (AvgIpc) is 2.25. The van der Waals surface area contributed by atoms with Crippen molar-refractivity contribution in [1.29, 1.82) is 0 Å². The molecule has 5 heteroatoms. The SMILES string of the molecule is COc1cc(O)c([C@H](N)C(C)(C)C)c(OC)c1.Cl. The second-order valence-corrected chi connectivity index (χ2v) is 5.11. The van der Waals surface area contributed by atoms with Gasteiger partial charge in [0.25, 0.3) is 0 Å². The lowest BCUT2D eigenvalue weighted by Gasteiger charge is -2.29. The van der Waals surface area contributed by atoms with Gasteiger partial charge in [0.1, 0.15) is 17.2 Å². The molecule has 4 nitrogen and oxygen atoms in total. The van der Waals surface area contributed by atoms with Crippen LogP contribution >= 0.6 is 12.4 Å². The molecular formula is C13H22ClNO3. The number of aromatic hydroxyl groups is 1. The number of phenols is 1. The largest absolute Gasteiger partial charge is 0.507 e. The maximum atomic E-state index is 10.0. The molecule has 0 saturated carbocycles. The molecule has 0 radical (unpaired) electrons. The molecule has 0 aliphatic heterocycles. The van der Waals surface area contributed by atoms with Crippen molar-refractivity contribution in [2.45, 2.75) is 26.8 Å². The van der Waals surface area contributed by atoms with Crippen LogP contribution in [0.5, 0.6) is 17.2 Å². The summed E-state index contributed by atoms with van der Waals surface area (Å²) in [6.07, 6.45) is 0. The highest BCUT2D eigenvalue weighted by atomic mass is 35.5. The molecule has 18 heavy (non-hydrogen) atoms. The van der Waals surface area contributed by atoms with E-state index in [2.05, 4.69) is 0 Å². The average molecular weight is 276 g/mol. The molecule has 0 unspecified atom stereocenters. The van der Waals surface area contributed by atoms with E-state index in [1.165, 1.54) is 7.11 Å². The van der Waals surface area contributed by atoms with E-state index in [1.54, 1.807) is 19.2 Å². The van der Waals surface area contributed by atoms with Crippen LogP contribution in [0, 0.1) is 5.41 Å². The zero-order chi connectivity index (χ0) is 13.2. The van der Waals surface area contributed by atoms with E-state index >= 15 is 0 Å². The maximum Gasteiger partial charge on any atom is 0.131 e. The van der Waals surface area contributed by atoms with Gasteiger partial charge in [-0.05, 0) is 5.41 Å². The Kier molecular flexibility index (Phi) is 5.77. The minimum Gasteiger partial charge on any atom is -0.507 e. The predicted molar refractivity (Wildman–Crippen MR) is 74.8 cm³/mol. The Labute approximate surface area is 115 Å². The molecule has 0 aromatic heterocycles. The number of methoxy groups -OCH3 is 2. The first-order chi connectivity index (χ1) is 7.81. The molecule has 1 atom stereocenters. The van der Waals surface area contributed by atoms with E-state index in [0.29, 0.717) is 17.1 Å². The van der Waals surface area contributed by atoms with Gasteiger partial charge in [0.05, 0.1) is 19.8 Å². The Morgan fingerprint density at radius 1 is 1.17 bits per heavy atom. The van der Waals surface area contributed by atoms with Gasteiger partial charge in [-0.1, -0.05) is 20.8 Å². The van der Waals surface area contributed by atoms with Gasteiger partial charge in [0.15, 0.2) is 0 Å². The van der Waals surface area contributed by atoms with Crippen molar-refractivity contribution in [1.82, 2.24) is 0 Å². The molecule has 0 spiro atoms. The topological polar surface area (TPSA) is 64.7 Å². The second-order valence-electron chi connectivity index (χ2n) is 5.11. The van der Waals surface area contributed by atoms with E-state index in [9.17, 15) is 5.11 Å². The fraction of sp³-hybridized carbons (Fsp3) is 0.538. The summed E-state index contributed by atoms with van der Waals surface area (Å²) in [5.41, 5.74) is 6.60. The molecule has 0 aliphatic carbocycles. The summed E-state index contributed by atoms with van der Waals surface area (Å²) in [6.45, 7) is 6.04. The van der Waals surface area contributed by atoms with Crippen LogP contribution in [0.2, 0.25) is 0 Å². The molecule has 0 bridgehead atoms. The van der Waals surface area contributed by atoms with Crippen molar-refractivity contribution < 1.29 is 14.6 Å². The van der Waals surface area contributed by atoms with Gasteiger partial charge in [0, 0.05) is 18.2 Å². The van der Waals surface area contributed by atoms with Gasteiger partial charge >= 0.3 is 0 Å². The normalized spacial score (nSPS) is 12.6. The van der Waals surface area contributed by atoms with Gasteiger partial charge in [-0.3, -0.25) is 0 Å². The Balaban J connectivity index is 0.00000289. The van der Waals surface area contributed by atoms with Crippen LogP contribution in [0.3, 0.4) is 0 Å². The van der Waals surface area contributed by atoms with Crippen molar-refractivity contribution in [3.8, 4) is 17.2 Å². The molecule has 1 aromatic rings. The summed E-state index contributed by atoms with van der Waals surface area (Å²) in [7, 11) is 3.09. The van der Waals surface area contributed by atoms with E-state index in [4.69, 9.17) is 15.2 Å². The molecule has 0 saturated heterocycles. The monoisotopic (exact) mass is 275 g/mol. The van der Waals surface area contributed by atoms with Crippen LogP contribution in [-0.2, 0) is 0 Å². The molecule has 3 N–H and O–H groups in total. The van der Waals surface area contributed by atoms with Crippen LogP contribution < -0.4 is 15.2 Å². The first kappa shape index (κ1) is 16.9. The van der Waals surface area contributed by atoms with E-state index in [-0.39, 0.29) is 29.6 Å². The van der Waals surface area contributed by atoms with Crippen LogP contribution in [0.25, 0.3) is 0 Å². The quantitative estimate of drug-likeness (QED) is 0.890. The van der Waals surface area contributed by atoms with E-state index < -0.39 is 0 Å². The molecule has 1 aromatic carbocycles. The van der Waals surface area contributed by atoms with Gasteiger partial charge in [-0.25, -0.2) is 0 Å². The lowest BCUT2D eigenvalue weighted by atomic mass is 9.82. The Bertz CT molecular complexity index is 402. The summed E-state index contributed by atoms with van der Waals surface area (Å²) in [5.74, 6) is 1.19. The maximum absolute atomic E-state index is 10.0. The van der Waals surface area contributed by atoms with Crippen molar-refractivity contribution in [2.24, 2.45) is 11.1 Å². The molecule has 0 aliphatic rings. The predicted octanol–water partition coefficient (Wildman–Crippen LogP) is 2.88. The van der Waals surface area contributed by atoms with Gasteiger partial charge < -0.3 is 20.3 Å². The minimum absolute atomic E-state index is 0. The number of benzene rings is 1. The Morgan fingerprint density at radius 3 is 2.11 bits per heavy atom. The Hall–Kier alpha value is -1.13. The number of phenolic OH excluding ortho intramolecular Hbond substituents is 1. The van der Waals surface area contributed by atoms with Crippen LogP contribution in [-0.4, -0.2) is 19.3 Å². The summed E-state index contributed by atoms with van der Waals surface area (Å²) < 4.78 is 10.3. The molecule has 104 valence electrons. The van der Waals surface area contributed by atoms with Gasteiger partial charge in [-0.2, -0.15) is 0 Å². The lowest BCUT2D eigenvalue weighted by molar-refractivity contribution is 0.302. The van der Waals surface area contributed by atoms with Crippen LogP contribution in [0.1, 0.15) is 32.4 Å². The third-order valence-electron chi connectivity index (χ3n) is 2.79. The van der Waals surface area contributed by atoms with Gasteiger partial charge in [0.2, 0.25) is 0 Å². The Morgan fingerprint density at radius 2 is 1.72 bits per heavy atom. The van der Waals surface area contributed by atoms with Crippen LogP contribution in [0.15, 0.2) is 12.1 Å². The molecule has 0 fully saturated rings. The van der Waals surface area contributed by atoms with Crippen molar-refractivity contribution in [3.63, 3.8) is 0 Å². The van der Waals surface area contributed by atoms with Crippen molar-refractivity contribution in [3.05, 3.63) is 17.7 Å². The summed E-state index contributed by atoms with van der Waals surface area (Å²) in [4.78, 5) is 0. The highest BCUT2D eigenvalue weighted by molar-refractivity contribution is 5.85. The molecule has 1 rings (SSSR count). The second kappa shape index (κ2) is 6.16. The summed E-state index contributed by atoms with van der Waals surface area (Å²) in [6, 6.07) is 2.95. The zero-order valence-electron chi connectivity index (χ0n) is 11.5. The van der Waals surface area contributed by atoms with E-state index in [0.717, 1.165) is 0 Å². The molecule has 0 heterocycles. The summed E-state index contributed by atoms with van der Waals surface area (Å²) >= 11 is 0. The number of halogens is 1. The smallest absolute Gasteiger partial charge is 0.131 e. The highest BCUT2D eigenvalue weighted by Gasteiger charge is 2.28. The number of rotatable bonds is 3. The summed E-state index contributed by atoms with van der Waals surface area (Å²) in [5, 5.41) is 10.0.